The van der Waals surface area contributed by atoms with Crippen LogP contribution in [-0.2, 0) is 11.2 Å². The molecule has 35 heavy (non-hydrogen) atoms. The number of piperidine rings is 1. The van der Waals surface area contributed by atoms with Crippen LogP contribution in [0.25, 0.3) is 16.6 Å². The van der Waals surface area contributed by atoms with Crippen molar-refractivity contribution in [3.05, 3.63) is 65.5 Å². The number of benzene rings is 2. The number of amides is 1. The van der Waals surface area contributed by atoms with Gasteiger partial charge in [-0.2, -0.15) is 5.10 Å². The summed E-state index contributed by atoms with van der Waals surface area (Å²) >= 11 is 0. The molecule has 7 heteroatoms. The van der Waals surface area contributed by atoms with Gasteiger partial charge in [-0.25, -0.2) is 9.50 Å². The molecule has 2 aromatic carbocycles. The van der Waals surface area contributed by atoms with E-state index in [1.807, 2.05) is 65.7 Å². The van der Waals surface area contributed by atoms with Crippen molar-refractivity contribution >= 4 is 22.5 Å². The zero-order valence-electron chi connectivity index (χ0n) is 20.7. The van der Waals surface area contributed by atoms with E-state index in [0.29, 0.717) is 32.5 Å². The van der Waals surface area contributed by atoms with Gasteiger partial charge in [-0.3, -0.25) is 4.79 Å². The summed E-state index contributed by atoms with van der Waals surface area (Å²) in [4.78, 5) is 19.8. The molecule has 0 spiro atoms. The topological polar surface area (TPSA) is 69.0 Å². The van der Waals surface area contributed by atoms with Crippen molar-refractivity contribution in [3.63, 3.8) is 0 Å². The van der Waals surface area contributed by atoms with E-state index >= 15 is 0 Å². The van der Waals surface area contributed by atoms with Crippen molar-refractivity contribution in [1.29, 1.82) is 0 Å². The molecule has 1 amide bonds. The summed E-state index contributed by atoms with van der Waals surface area (Å²) in [5.41, 5.74) is 4.93. The van der Waals surface area contributed by atoms with Gasteiger partial charge in [0.15, 0.2) is 17.1 Å². The molecule has 182 valence electrons. The number of hydrogen-bond acceptors (Lipinski definition) is 5. The molecular formula is C28H32N4O3. The second-order valence-corrected chi connectivity index (χ2v) is 9.09. The molecule has 2 aromatic heterocycles. The normalized spacial score (nSPS) is 14.5. The van der Waals surface area contributed by atoms with Crippen molar-refractivity contribution in [2.24, 2.45) is 0 Å². The van der Waals surface area contributed by atoms with Crippen molar-refractivity contribution in [2.75, 3.05) is 19.7 Å². The molecule has 4 aromatic rings. The maximum absolute atomic E-state index is 13.0. The fourth-order valence-corrected chi connectivity index (χ4v) is 4.95. The van der Waals surface area contributed by atoms with Gasteiger partial charge in [0.2, 0.25) is 5.91 Å². The molecule has 0 aliphatic carbocycles. The van der Waals surface area contributed by atoms with E-state index < -0.39 is 0 Å². The molecular weight excluding hydrogens is 440 g/mol. The van der Waals surface area contributed by atoms with Gasteiger partial charge in [0, 0.05) is 49.1 Å². The van der Waals surface area contributed by atoms with E-state index in [1.54, 1.807) is 0 Å². The number of carbonyl (C=O) groups is 1. The van der Waals surface area contributed by atoms with E-state index in [-0.39, 0.29) is 12.0 Å². The fraction of sp³-hybridized carbons (Fsp3) is 0.393. The van der Waals surface area contributed by atoms with E-state index in [9.17, 15) is 4.79 Å². The third kappa shape index (κ3) is 4.67. The van der Waals surface area contributed by atoms with Crippen LogP contribution < -0.4 is 9.47 Å². The Hall–Kier alpha value is -3.61. The Morgan fingerprint density at radius 2 is 1.74 bits per heavy atom. The SMILES string of the molecule is CCOc1ccccc1OC1CCN(C(=O)CCc2c(C)nc3c4ccccc4nn3c2C)CC1. The predicted octanol–water partition coefficient (Wildman–Crippen LogP) is 4.90. The minimum atomic E-state index is 0.0886. The van der Waals surface area contributed by atoms with Crippen LogP contribution in [0.15, 0.2) is 48.5 Å². The third-order valence-corrected chi connectivity index (χ3v) is 6.84. The first-order chi connectivity index (χ1) is 17.0. The number of ether oxygens (including phenoxy) is 2. The zero-order valence-corrected chi connectivity index (χ0v) is 20.7. The highest BCUT2D eigenvalue weighted by Crippen LogP contribution is 2.29. The summed E-state index contributed by atoms with van der Waals surface area (Å²) in [5, 5.41) is 5.78. The van der Waals surface area contributed by atoms with Crippen LogP contribution in [0, 0.1) is 13.8 Å². The van der Waals surface area contributed by atoms with Gasteiger partial charge in [-0.05, 0) is 57.0 Å². The Balaban J connectivity index is 1.20. The van der Waals surface area contributed by atoms with E-state index in [1.165, 1.54) is 0 Å². The monoisotopic (exact) mass is 472 g/mol. The van der Waals surface area contributed by atoms with Crippen LogP contribution in [-0.4, -0.2) is 51.2 Å². The van der Waals surface area contributed by atoms with E-state index in [2.05, 4.69) is 13.0 Å². The largest absolute Gasteiger partial charge is 0.490 e. The molecule has 0 radical (unpaired) electrons. The first kappa shape index (κ1) is 23.1. The van der Waals surface area contributed by atoms with Gasteiger partial charge in [0.05, 0.1) is 12.1 Å². The lowest BCUT2D eigenvalue weighted by Gasteiger charge is -2.32. The number of rotatable bonds is 7. The van der Waals surface area contributed by atoms with Crippen molar-refractivity contribution < 1.29 is 14.3 Å². The third-order valence-electron chi connectivity index (χ3n) is 6.84. The molecule has 1 fully saturated rings. The van der Waals surface area contributed by atoms with Crippen LogP contribution in [0.3, 0.4) is 0 Å². The Kier molecular flexibility index (Phi) is 6.57. The van der Waals surface area contributed by atoms with Crippen LogP contribution in [0.4, 0.5) is 0 Å². The summed E-state index contributed by atoms with van der Waals surface area (Å²) in [6.45, 7) is 8.08. The highest BCUT2D eigenvalue weighted by molar-refractivity contribution is 5.92. The highest BCUT2D eigenvalue weighted by Gasteiger charge is 2.25. The fourth-order valence-electron chi connectivity index (χ4n) is 4.95. The van der Waals surface area contributed by atoms with Crippen LogP contribution in [0.2, 0.25) is 0 Å². The van der Waals surface area contributed by atoms with Crippen molar-refractivity contribution in [3.8, 4) is 11.5 Å². The molecule has 1 aliphatic rings. The maximum atomic E-state index is 13.0. The van der Waals surface area contributed by atoms with Gasteiger partial charge >= 0.3 is 0 Å². The molecule has 5 rings (SSSR count). The molecule has 0 bridgehead atoms. The standard InChI is InChI=1S/C28H32N4O3/c1-4-34-25-11-7-8-12-26(25)35-21-15-17-31(18-16-21)27(33)14-13-22-19(2)29-28-23-9-5-6-10-24(23)30-32(28)20(22)3/h5-12,21H,4,13-18H2,1-3H3. The zero-order chi connectivity index (χ0) is 24.4. The molecule has 1 saturated heterocycles. The maximum Gasteiger partial charge on any atom is 0.222 e. The van der Waals surface area contributed by atoms with Crippen molar-refractivity contribution in [1.82, 2.24) is 19.5 Å². The molecule has 1 aliphatic heterocycles. The Bertz CT molecular complexity index is 1360. The van der Waals surface area contributed by atoms with Gasteiger partial charge in [-0.15, -0.1) is 0 Å². The number of nitrogens with zero attached hydrogens (tertiary/aromatic N) is 4. The summed E-state index contributed by atoms with van der Waals surface area (Å²) in [7, 11) is 0. The number of aromatic nitrogens is 3. The summed E-state index contributed by atoms with van der Waals surface area (Å²) in [6.07, 6.45) is 2.85. The smallest absolute Gasteiger partial charge is 0.222 e. The molecule has 0 saturated carbocycles. The average Bonchev–Trinajstić information content (AvgIpc) is 3.24. The minimum Gasteiger partial charge on any atom is -0.490 e. The molecule has 7 nitrogen and oxygen atoms in total. The van der Waals surface area contributed by atoms with E-state index in [0.717, 1.165) is 57.8 Å². The van der Waals surface area contributed by atoms with Crippen LogP contribution in [0.5, 0.6) is 11.5 Å². The first-order valence-electron chi connectivity index (χ1n) is 12.4. The summed E-state index contributed by atoms with van der Waals surface area (Å²) < 4.78 is 13.8. The number of hydrogen-bond donors (Lipinski definition) is 0. The van der Waals surface area contributed by atoms with Crippen LogP contribution >= 0.6 is 0 Å². The highest BCUT2D eigenvalue weighted by atomic mass is 16.5. The first-order valence-corrected chi connectivity index (χ1v) is 12.4. The number of para-hydroxylation sites is 2. The predicted molar refractivity (Wildman–Crippen MR) is 136 cm³/mol. The van der Waals surface area contributed by atoms with E-state index in [4.69, 9.17) is 19.6 Å². The molecule has 0 atom stereocenters. The van der Waals surface area contributed by atoms with Gasteiger partial charge in [0.1, 0.15) is 6.10 Å². The quantitative estimate of drug-likeness (QED) is 0.383. The minimum absolute atomic E-state index is 0.0886. The number of fused-ring (bicyclic) bond motifs is 3. The molecule has 0 N–H and O–H groups in total. The second-order valence-electron chi connectivity index (χ2n) is 9.09. The lowest BCUT2D eigenvalue weighted by Crippen LogP contribution is -2.41. The Labute approximate surface area is 205 Å². The number of aryl methyl sites for hydroxylation is 2. The van der Waals surface area contributed by atoms with Gasteiger partial charge in [-0.1, -0.05) is 24.3 Å². The Morgan fingerprint density at radius 3 is 2.51 bits per heavy atom. The van der Waals surface area contributed by atoms with Gasteiger partial charge in [0.25, 0.3) is 0 Å². The number of carbonyl (C=O) groups excluding carboxylic acids is 1. The molecule has 3 heterocycles. The number of likely N-dealkylation sites (tertiary alicyclic amines) is 1. The van der Waals surface area contributed by atoms with Crippen LogP contribution in [0.1, 0.15) is 43.1 Å². The Morgan fingerprint density at radius 1 is 1.03 bits per heavy atom. The second kappa shape index (κ2) is 9.94. The summed E-state index contributed by atoms with van der Waals surface area (Å²) in [5.74, 6) is 1.73. The van der Waals surface area contributed by atoms with Crippen molar-refractivity contribution in [2.45, 2.75) is 52.6 Å². The lowest BCUT2D eigenvalue weighted by molar-refractivity contribution is -0.132. The average molecular weight is 473 g/mol. The lowest BCUT2D eigenvalue weighted by atomic mass is 10.0. The van der Waals surface area contributed by atoms with Gasteiger partial charge < -0.3 is 14.4 Å². The molecule has 0 unspecified atom stereocenters. The summed E-state index contributed by atoms with van der Waals surface area (Å²) in [6, 6.07) is 15.8.